The quantitative estimate of drug-likeness (QED) is 0.557. The monoisotopic (exact) mass is 291 g/mol. The van der Waals surface area contributed by atoms with Gasteiger partial charge in [0.1, 0.15) is 10.7 Å². The average Bonchev–Trinajstić information content (AvgIpc) is 2.82. The summed E-state index contributed by atoms with van der Waals surface area (Å²) in [5, 5.41) is 4.69. The van der Waals surface area contributed by atoms with E-state index in [9.17, 15) is 0 Å². The van der Waals surface area contributed by atoms with Crippen LogP contribution in [0.2, 0.25) is 0 Å². The maximum Gasteiger partial charge on any atom is 0.138 e. The Morgan fingerprint density at radius 3 is 2.90 bits per heavy atom. The molecule has 3 nitrogen and oxygen atoms in total. The van der Waals surface area contributed by atoms with Gasteiger partial charge in [-0.2, -0.15) is 0 Å². The van der Waals surface area contributed by atoms with Crippen LogP contribution in [0.1, 0.15) is 45.2 Å². The van der Waals surface area contributed by atoms with E-state index in [0.717, 1.165) is 25.2 Å². The molecule has 0 saturated carbocycles. The zero-order valence-corrected chi connectivity index (χ0v) is 13.4. The lowest BCUT2D eigenvalue weighted by molar-refractivity contribution is 0.652. The first-order chi connectivity index (χ1) is 9.86. The van der Waals surface area contributed by atoms with Crippen LogP contribution in [-0.4, -0.2) is 21.7 Å². The fourth-order valence-corrected chi connectivity index (χ4v) is 3.24. The Labute approximate surface area is 126 Å². The average molecular weight is 291 g/mol. The first kappa shape index (κ1) is 15.4. The van der Waals surface area contributed by atoms with E-state index in [1.165, 1.54) is 35.7 Å². The number of nitrogens with zero attached hydrogens (tertiary/aromatic N) is 2. The lowest BCUT2D eigenvalue weighted by Crippen LogP contribution is -2.15. The van der Waals surface area contributed by atoms with E-state index in [4.69, 9.17) is 4.98 Å². The third-order valence-corrected chi connectivity index (χ3v) is 4.39. The van der Waals surface area contributed by atoms with Crippen LogP contribution in [0.5, 0.6) is 0 Å². The molecule has 0 unspecified atom stereocenters. The van der Waals surface area contributed by atoms with Gasteiger partial charge >= 0.3 is 0 Å². The summed E-state index contributed by atoms with van der Waals surface area (Å²) in [6.45, 7) is 6.40. The highest BCUT2D eigenvalue weighted by Gasteiger charge is 2.11. The van der Waals surface area contributed by atoms with Crippen molar-refractivity contribution < 1.29 is 0 Å². The molecule has 0 aliphatic rings. The van der Waals surface area contributed by atoms with Crippen molar-refractivity contribution in [2.45, 2.75) is 51.1 Å². The number of hydrogen-bond acceptors (Lipinski definition) is 3. The van der Waals surface area contributed by atoms with Crippen molar-refractivity contribution in [3.05, 3.63) is 30.1 Å². The molecule has 0 radical (unpaired) electrons. The molecule has 0 saturated heterocycles. The Balaban J connectivity index is 2.11. The van der Waals surface area contributed by atoms with Crippen LogP contribution >= 0.6 is 11.8 Å². The summed E-state index contributed by atoms with van der Waals surface area (Å²) in [7, 11) is 0. The molecule has 20 heavy (non-hydrogen) atoms. The standard InChI is InChI=1S/C16H25N3S/c1-3-5-8-12-20-16-14(13-17-10-4-2)19-11-7-6-9-15(19)18-16/h6-7,9,11,17H,3-5,8,10,12-13H2,1-2H3. The topological polar surface area (TPSA) is 29.3 Å². The van der Waals surface area contributed by atoms with Crippen molar-refractivity contribution in [2.75, 3.05) is 12.3 Å². The predicted molar refractivity (Wildman–Crippen MR) is 87.4 cm³/mol. The van der Waals surface area contributed by atoms with Crippen LogP contribution in [-0.2, 0) is 6.54 Å². The molecule has 0 aliphatic heterocycles. The van der Waals surface area contributed by atoms with Crippen molar-refractivity contribution >= 4 is 17.4 Å². The SMILES string of the molecule is CCCCCSc1nc2ccccn2c1CNCCC. The van der Waals surface area contributed by atoms with Crippen LogP contribution < -0.4 is 5.32 Å². The molecule has 0 spiro atoms. The van der Waals surface area contributed by atoms with Crippen LogP contribution in [0.3, 0.4) is 0 Å². The number of hydrogen-bond donors (Lipinski definition) is 1. The molecule has 0 bridgehead atoms. The minimum absolute atomic E-state index is 0.898. The molecular weight excluding hydrogens is 266 g/mol. The summed E-state index contributed by atoms with van der Waals surface area (Å²) in [5.41, 5.74) is 2.36. The number of fused-ring (bicyclic) bond motifs is 1. The van der Waals surface area contributed by atoms with Gasteiger partial charge in [0.2, 0.25) is 0 Å². The van der Waals surface area contributed by atoms with E-state index in [1.54, 1.807) is 0 Å². The molecule has 2 heterocycles. The van der Waals surface area contributed by atoms with E-state index >= 15 is 0 Å². The highest BCUT2D eigenvalue weighted by atomic mass is 32.2. The molecule has 1 N–H and O–H groups in total. The Hall–Kier alpha value is -1.00. The van der Waals surface area contributed by atoms with Gasteiger partial charge in [0.25, 0.3) is 0 Å². The Kier molecular flexibility index (Phi) is 6.40. The maximum atomic E-state index is 4.77. The maximum absolute atomic E-state index is 4.77. The number of nitrogens with one attached hydrogen (secondary N) is 1. The summed E-state index contributed by atoms with van der Waals surface area (Å²) >= 11 is 1.90. The van der Waals surface area contributed by atoms with Gasteiger partial charge in [-0.1, -0.05) is 32.8 Å². The second-order valence-corrected chi connectivity index (χ2v) is 6.11. The summed E-state index contributed by atoms with van der Waals surface area (Å²) in [4.78, 5) is 4.77. The molecule has 0 amide bonds. The molecule has 0 aromatic carbocycles. The van der Waals surface area contributed by atoms with E-state index in [0.29, 0.717) is 0 Å². The van der Waals surface area contributed by atoms with Gasteiger partial charge in [0.15, 0.2) is 0 Å². The molecule has 2 rings (SSSR count). The van der Waals surface area contributed by atoms with Crippen molar-refractivity contribution in [1.29, 1.82) is 0 Å². The number of pyridine rings is 1. The number of rotatable bonds is 9. The molecule has 2 aromatic rings. The summed E-state index contributed by atoms with van der Waals surface area (Å²) in [5.74, 6) is 1.17. The lowest BCUT2D eigenvalue weighted by Gasteiger charge is -2.06. The summed E-state index contributed by atoms with van der Waals surface area (Å²) in [6, 6.07) is 6.21. The number of imidazole rings is 1. The zero-order chi connectivity index (χ0) is 14.2. The number of unbranched alkanes of at least 4 members (excludes halogenated alkanes) is 2. The first-order valence-electron chi connectivity index (χ1n) is 7.66. The summed E-state index contributed by atoms with van der Waals surface area (Å²) < 4.78 is 2.21. The third kappa shape index (κ3) is 4.00. The van der Waals surface area contributed by atoms with E-state index < -0.39 is 0 Å². The smallest absolute Gasteiger partial charge is 0.138 e. The Morgan fingerprint density at radius 2 is 2.10 bits per heavy atom. The van der Waals surface area contributed by atoms with Gasteiger partial charge < -0.3 is 9.72 Å². The Bertz CT molecular complexity index is 521. The van der Waals surface area contributed by atoms with Crippen molar-refractivity contribution in [2.24, 2.45) is 0 Å². The van der Waals surface area contributed by atoms with Gasteiger partial charge in [-0.25, -0.2) is 4.98 Å². The fourth-order valence-electron chi connectivity index (χ4n) is 2.21. The van der Waals surface area contributed by atoms with Crippen LogP contribution in [0, 0.1) is 0 Å². The van der Waals surface area contributed by atoms with E-state index in [-0.39, 0.29) is 0 Å². The van der Waals surface area contributed by atoms with E-state index in [2.05, 4.69) is 48.0 Å². The van der Waals surface area contributed by atoms with Crippen molar-refractivity contribution in [3.8, 4) is 0 Å². The minimum atomic E-state index is 0.898. The van der Waals surface area contributed by atoms with Crippen LogP contribution in [0.25, 0.3) is 5.65 Å². The third-order valence-electron chi connectivity index (χ3n) is 3.30. The van der Waals surface area contributed by atoms with Crippen LogP contribution in [0.4, 0.5) is 0 Å². The van der Waals surface area contributed by atoms with Gasteiger partial charge in [-0.3, -0.25) is 0 Å². The molecular formula is C16H25N3S. The lowest BCUT2D eigenvalue weighted by atomic mass is 10.3. The predicted octanol–water partition coefficient (Wildman–Crippen LogP) is 4.12. The van der Waals surface area contributed by atoms with Gasteiger partial charge in [0, 0.05) is 12.7 Å². The van der Waals surface area contributed by atoms with E-state index in [1.807, 2.05) is 11.8 Å². The normalized spacial score (nSPS) is 11.3. The summed E-state index contributed by atoms with van der Waals surface area (Å²) in [6.07, 6.45) is 7.13. The second kappa shape index (κ2) is 8.32. The zero-order valence-electron chi connectivity index (χ0n) is 12.6. The molecule has 0 aliphatic carbocycles. The fraction of sp³-hybridized carbons (Fsp3) is 0.562. The second-order valence-electron chi connectivity index (χ2n) is 5.02. The van der Waals surface area contributed by atoms with Crippen LogP contribution in [0.15, 0.2) is 29.4 Å². The molecule has 2 aromatic heterocycles. The highest BCUT2D eigenvalue weighted by Crippen LogP contribution is 2.24. The minimum Gasteiger partial charge on any atom is -0.311 e. The highest BCUT2D eigenvalue weighted by molar-refractivity contribution is 7.99. The largest absolute Gasteiger partial charge is 0.311 e. The molecule has 0 fully saturated rings. The first-order valence-corrected chi connectivity index (χ1v) is 8.64. The van der Waals surface area contributed by atoms with Gasteiger partial charge in [0.05, 0.1) is 5.69 Å². The molecule has 4 heteroatoms. The molecule has 110 valence electrons. The molecule has 0 atom stereocenters. The van der Waals surface area contributed by atoms with Crippen molar-refractivity contribution in [3.63, 3.8) is 0 Å². The number of thioether (sulfide) groups is 1. The van der Waals surface area contributed by atoms with Gasteiger partial charge in [-0.15, -0.1) is 11.8 Å². The Morgan fingerprint density at radius 1 is 1.20 bits per heavy atom. The number of aromatic nitrogens is 2. The van der Waals surface area contributed by atoms with Gasteiger partial charge in [-0.05, 0) is 37.3 Å². The van der Waals surface area contributed by atoms with Crippen molar-refractivity contribution in [1.82, 2.24) is 14.7 Å².